The maximum absolute atomic E-state index is 14.0. The van der Waals surface area contributed by atoms with Crippen molar-refractivity contribution in [2.45, 2.75) is 50.9 Å². The Kier molecular flexibility index (Phi) is 7.81. The van der Waals surface area contributed by atoms with Crippen LogP contribution in [0.2, 0.25) is 0 Å². The Morgan fingerprint density at radius 2 is 1.93 bits per heavy atom. The molecule has 1 saturated carbocycles. The molecule has 0 unspecified atom stereocenters. The van der Waals surface area contributed by atoms with Gasteiger partial charge in [-0.05, 0) is 71.5 Å². The zero-order valence-corrected chi connectivity index (χ0v) is 23.4. The minimum atomic E-state index is -0.821. The third-order valence-corrected chi connectivity index (χ3v) is 8.19. The summed E-state index contributed by atoms with van der Waals surface area (Å²) in [6, 6.07) is 15.9. The number of nitrogens with zero attached hydrogens (tertiary/aromatic N) is 5. The van der Waals surface area contributed by atoms with Gasteiger partial charge >= 0.3 is 0 Å². The SMILES string of the molecule is COc1ccc(-c2nnn(CC(=O)N(Cc3ccc4c(c3)OCO4)[C@@H](C(=O)NC3CCCC3)c3cccs3)n2)cc1. The number of methoxy groups -OCH3 is 1. The van der Waals surface area contributed by atoms with Crippen LogP contribution in [0, 0.1) is 0 Å². The number of nitrogens with one attached hydrogen (secondary N) is 1. The van der Waals surface area contributed by atoms with Gasteiger partial charge in [0.1, 0.15) is 18.3 Å². The van der Waals surface area contributed by atoms with Crippen LogP contribution in [0.4, 0.5) is 0 Å². The molecular formula is C29H30N6O5S. The molecule has 2 amide bonds. The molecule has 41 heavy (non-hydrogen) atoms. The van der Waals surface area contributed by atoms with Crippen LogP contribution >= 0.6 is 11.3 Å². The Hall–Kier alpha value is -4.45. The van der Waals surface area contributed by atoms with E-state index >= 15 is 0 Å². The highest BCUT2D eigenvalue weighted by atomic mass is 32.1. The number of thiophene rings is 1. The standard InChI is InChI=1S/C29H30N6O5S/c1-38-22-11-9-20(10-12-22)28-31-33-35(32-28)17-26(36)34(16-19-8-13-23-24(15-19)40-18-39-23)27(25-7-4-14-41-25)29(37)30-21-5-2-3-6-21/h4,7-15,21,27H,2-3,5-6,16-18H2,1H3,(H,30,37)/t27-/m1/s1. The molecule has 1 fully saturated rings. The van der Waals surface area contributed by atoms with Crippen LogP contribution in [-0.4, -0.2) is 56.9 Å². The van der Waals surface area contributed by atoms with Crippen molar-refractivity contribution in [3.63, 3.8) is 0 Å². The largest absolute Gasteiger partial charge is 0.497 e. The number of ether oxygens (including phenoxy) is 3. The zero-order valence-electron chi connectivity index (χ0n) is 22.6. The van der Waals surface area contributed by atoms with Gasteiger partial charge in [0, 0.05) is 23.0 Å². The van der Waals surface area contributed by atoms with E-state index in [2.05, 4.69) is 20.7 Å². The quantitative estimate of drug-likeness (QED) is 0.302. The van der Waals surface area contributed by atoms with Gasteiger partial charge in [-0.2, -0.15) is 4.80 Å². The summed E-state index contributed by atoms with van der Waals surface area (Å²) in [5, 5.41) is 17.8. The Balaban J connectivity index is 1.29. The predicted molar refractivity (Wildman–Crippen MR) is 150 cm³/mol. The second-order valence-corrected chi connectivity index (χ2v) is 11.0. The number of amides is 2. The molecule has 6 rings (SSSR count). The van der Waals surface area contributed by atoms with Crippen molar-refractivity contribution in [2.75, 3.05) is 13.9 Å². The number of carbonyl (C=O) groups is 2. The minimum absolute atomic E-state index is 0.108. The fourth-order valence-electron chi connectivity index (χ4n) is 5.16. The number of hydrogen-bond donors (Lipinski definition) is 1. The van der Waals surface area contributed by atoms with Crippen molar-refractivity contribution in [1.82, 2.24) is 30.4 Å². The molecule has 212 valence electrons. The lowest BCUT2D eigenvalue weighted by molar-refractivity contribution is -0.142. The maximum atomic E-state index is 14.0. The highest BCUT2D eigenvalue weighted by Gasteiger charge is 2.34. The van der Waals surface area contributed by atoms with Crippen LogP contribution in [0.5, 0.6) is 17.2 Å². The topological polar surface area (TPSA) is 121 Å². The number of rotatable bonds is 10. The minimum Gasteiger partial charge on any atom is -0.497 e. The second kappa shape index (κ2) is 12.0. The fraction of sp³-hybridized carbons (Fsp3) is 0.345. The highest BCUT2D eigenvalue weighted by molar-refractivity contribution is 7.10. The summed E-state index contributed by atoms with van der Waals surface area (Å²) in [5.74, 6) is 1.85. The Bertz CT molecular complexity index is 1500. The fourth-order valence-corrected chi connectivity index (χ4v) is 5.99. The van der Waals surface area contributed by atoms with E-state index in [4.69, 9.17) is 14.2 Å². The monoisotopic (exact) mass is 574 g/mol. The van der Waals surface area contributed by atoms with E-state index in [1.165, 1.54) is 16.1 Å². The van der Waals surface area contributed by atoms with E-state index in [0.717, 1.165) is 41.7 Å². The smallest absolute Gasteiger partial charge is 0.248 e. The summed E-state index contributed by atoms with van der Waals surface area (Å²) in [6.07, 6.45) is 4.05. The van der Waals surface area contributed by atoms with Crippen LogP contribution in [0.3, 0.4) is 0 Å². The first-order valence-corrected chi connectivity index (χ1v) is 14.4. The van der Waals surface area contributed by atoms with E-state index in [9.17, 15) is 9.59 Å². The third kappa shape index (κ3) is 6.02. The normalized spacial score (nSPS) is 15.0. The molecule has 4 aromatic rings. The van der Waals surface area contributed by atoms with Crippen LogP contribution in [0.15, 0.2) is 60.0 Å². The number of fused-ring (bicyclic) bond motifs is 1. The van der Waals surface area contributed by atoms with Gasteiger partial charge in [-0.3, -0.25) is 9.59 Å². The van der Waals surface area contributed by atoms with Crippen molar-refractivity contribution in [1.29, 1.82) is 0 Å². The summed E-state index contributed by atoms with van der Waals surface area (Å²) in [6.45, 7) is 0.139. The molecular weight excluding hydrogens is 544 g/mol. The molecule has 11 nitrogen and oxygen atoms in total. The lowest BCUT2D eigenvalue weighted by atomic mass is 10.1. The van der Waals surface area contributed by atoms with E-state index in [-0.39, 0.29) is 37.7 Å². The van der Waals surface area contributed by atoms with Crippen molar-refractivity contribution in [2.24, 2.45) is 0 Å². The lowest BCUT2D eigenvalue weighted by Gasteiger charge is -2.31. The Labute approximate surface area is 241 Å². The van der Waals surface area contributed by atoms with E-state index < -0.39 is 6.04 Å². The van der Waals surface area contributed by atoms with Gasteiger partial charge in [0.15, 0.2) is 11.5 Å². The van der Waals surface area contributed by atoms with E-state index in [1.54, 1.807) is 12.0 Å². The first-order valence-electron chi connectivity index (χ1n) is 13.5. The average Bonchev–Trinajstić information content (AvgIpc) is 3.81. The van der Waals surface area contributed by atoms with Crippen LogP contribution in [0.1, 0.15) is 42.2 Å². The first kappa shape index (κ1) is 26.8. The van der Waals surface area contributed by atoms with Gasteiger partial charge in [-0.1, -0.05) is 25.0 Å². The van der Waals surface area contributed by atoms with Crippen molar-refractivity contribution in [3.05, 3.63) is 70.4 Å². The number of tetrazole rings is 1. The molecule has 3 heterocycles. The third-order valence-electron chi connectivity index (χ3n) is 7.26. The summed E-state index contributed by atoms with van der Waals surface area (Å²) < 4.78 is 16.2. The summed E-state index contributed by atoms with van der Waals surface area (Å²) in [5.41, 5.74) is 1.55. The van der Waals surface area contributed by atoms with Crippen LogP contribution in [-0.2, 0) is 22.7 Å². The zero-order chi connectivity index (χ0) is 28.2. The van der Waals surface area contributed by atoms with Gasteiger partial charge in [0.05, 0.1) is 7.11 Å². The molecule has 0 radical (unpaired) electrons. The Morgan fingerprint density at radius 3 is 2.68 bits per heavy atom. The number of hydrogen-bond acceptors (Lipinski definition) is 9. The molecule has 2 aromatic carbocycles. The molecule has 12 heteroatoms. The van der Waals surface area contributed by atoms with Gasteiger partial charge in [0.25, 0.3) is 0 Å². The van der Waals surface area contributed by atoms with Gasteiger partial charge in [0.2, 0.25) is 24.4 Å². The lowest BCUT2D eigenvalue weighted by Crippen LogP contribution is -2.46. The van der Waals surface area contributed by atoms with Crippen molar-refractivity contribution < 1.29 is 23.8 Å². The predicted octanol–water partition coefficient (Wildman–Crippen LogP) is 3.97. The highest BCUT2D eigenvalue weighted by Crippen LogP contribution is 2.35. The molecule has 0 spiro atoms. The van der Waals surface area contributed by atoms with Crippen molar-refractivity contribution in [3.8, 4) is 28.6 Å². The molecule has 0 bridgehead atoms. The summed E-state index contributed by atoms with van der Waals surface area (Å²) in [7, 11) is 1.60. The van der Waals surface area contributed by atoms with Gasteiger partial charge < -0.3 is 24.4 Å². The van der Waals surface area contributed by atoms with Crippen molar-refractivity contribution >= 4 is 23.2 Å². The van der Waals surface area contributed by atoms with Gasteiger partial charge in [-0.25, -0.2) is 0 Å². The number of carbonyl (C=O) groups excluding carboxylic acids is 2. The molecule has 0 saturated heterocycles. The molecule has 2 aliphatic rings. The molecule has 2 aromatic heterocycles. The molecule has 1 aliphatic carbocycles. The summed E-state index contributed by atoms with van der Waals surface area (Å²) >= 11 is 1.44. The van der Waals surface area contributed by atoms with Gasteiger partial charge in [-0.15, -0.1) is 21.5 Å². The van der Waals surface area contributed by atoms with Crippen LogP contribution in [0.25, 0.3) is 11.4 Å². The van der Waals surface area contributed by atoms with E-state index in [0.29, 0.717) is 23.1 Å². The number of aromatic nitrogens is 4. The molecule has 1 aliphatic heterocycles. The summed E-state index contributed by atoms with van der Waals surface area (Å²) in [4.78, 5) is 31.4. The molecule has 1 N–H and O–H groups in total. The Morgan fingerprint density at radius 1 is 1.12 bits per heavy atom. The first-order chi connectivity index (χ1) is 20.1. The second-order valence-electron chi connectivity index (χ2n) is 9.99. The number of benzene rings is 2. The maximum Gasteiger partial charge on any atom is 0.248 e. The average molecular weight is 575 g/mol. The molecule has 1 atom stereocenters. The van der Waals surface area contributed by atoms with Crippen LogP contribution < -0.4 is 19.5 Å². The van der Waals surface area contributed by atoms with E-state index in [1.807, 2.05) is 60.0 Å².